The van der Waals surface area contributed by atoms with Gasteiger partial charge in [-0.15, -0.1) is 10.2 Å². The lowest BCUT2D eigenvalue weighted by atomic mass is 10.3. The largest absolute Gasteiger partial charge is 0.486 e. The zero-order chi connectivity index (χ0) is 22.3. The summed E-state index contributed by atoms with van der Waals surface area (Å²) in [5.74, 6) is 1.40. The van der Waals surface area contributed by atoms with Crippen molar-refractivity contribution >= 4 is 50.9 Å². The molecule has 0 spiro atoms. The first-order valence-corrected chi connectivity index (χ1v) is 11.8. The molecule has 162 valence electrons. The molecule has 0 bridgehead atoms. The van der Waals surface area contributed by atoms with Gasteiger partial charge in [-0.1, -0.05) is 57.5 Å². The number of hydrogen-bond acceptors (Lipinski definition) is 5. The summed E-state index contributed by atoms with van der Waals surface area (Å²) in [5.41, 5.74) is 1.57. The molecule has 0 atom stereocenters. The number of amides is 1. The third-order valence-electron chi connectivity index (χ3n) is 4.36. The van der Waals surface area contributed by atoms with E-state index in [0.717, 1.165) is 21.6 Å². The van der Waals surface area contributed by atoms with Gasteiger partial charge in [0.15, 0.2) is 11.0 Å². The molecule has 1 amide bonds. The minimum absolute atomic E-state index is 0.134. The molecular weight excluding hydrogens is 512 g/mol. The van der Waals surface area contributed by atoms with Gasteiger partial charge in [-0.3, -0.25) is 9.36 Å². The summed E-state index contributed by atoms with van der Waals surface area (Å²) >= 11 is 10.7. The van der Waals surface area contributed by atoms with Crippen molar-refractivity contribution in [3.05, 3.63) is 94.2 Å². The summed E-state index contributed by atoms with van der Waals surface area (Å²) in [5, 5.41) is 12.7. The maximum atomic E-state index is 12.4. The first kappa shape index (κ1) is 22.4. The maximum Gasteiger partial charge on any atom is 0.234 e. The molecule has 9 heteroatoms. The summed E-state index contributed by atoms with van der Waals surface area (Å²) in [6.45, 7) is 0.227. The molecule has 4 aromatic rings. The van der Waals surface area contributed by atoms with Crippen LogP contribution in [0.2, 0.25) is 5.02 Å². The highest BCUT2D eigenvalue weighted by molar-refractivity contribution is 9.10. The third-order valence-corrected chi connectivity index (χ3v) is 6.07. The molecule has 0 saturated carbocycles. The number of para-hydroxylation sites is 1. The standard InChI is InChI=1S/C23H18BrClN4O2S/c24-16-6-10-18(11-7-16)26-22(30)15-32-23-28-27-21(14-31-20-4-2-1-3-5-20)29(23)19-12-8-17(25)9-13-19/h1-13H,14-15H2,(H,26,30). The van der Waals surface area contributed by atoms with Gasteiger partial charge < -0.3 is 10.1 Å². The fourth-order valence-corrected chi connectivity index (χ4v) is 4.02. The van der Waals surface area contributed by atoms with E-state index in [4.69, 9.17) is 16.3 Å². The van der Waals surface area contributed by atoms with E-state index in [9.17, 15) is 4.79 Å². The van der Waals surface area contributed by atoms with Crippen LogP contribution in [0.3, 0.4) is 0 Å². The smallest absolute Gasteiger partial charge is 0.234 e. The van der Waals surface area contributed by atoms with Gasteiger partial charge in [0.2, 0.25) is 5.91 Å². The quantitative estimate of drug-likeness (QED) is 0.284. The number of nitrogens with one attached hydrogen (secondary N) is 1. The van der Waals surface area contributed by atoms with Crippen molar-refractivity contribution in [2.45, 2.75) is 11.8 Å². The van der Waals surface area contributed by atoms with Crippen molar-refractivity contribution in [3.8, 4) is 11.4 Å². The molecule has 0 radical (unpaired) electrons. The number of aromatic nitrogens is 3. The van der Waals surface area contributed by atoms with Gasteiger partial charge in [0.05, 0.1) is 5.75 Å². The highest BCUT2D eigenvalue weighted by Crippen LogP contribution is 2.25. The van der Waals surface area contributed by atoms with Crippen LogP contribution < -0.4 is 10.1 Å². The lowest BCUT2D eigenvalue weighted by molar-refractivity contribution is -0.113. The van der Waals surface area contributed by atoms with Crippen molar-refractivity contribution < 1.29 is 9.53 Å². The van der Waals surface area contributed by atoms with Crippen LogP contribution in [0.15, 0.2) is 88.5 Å². The molecule has 6 nitrogen and oxygen atoms in total. The van der Waals surface area contributed by atoms with E-state index in [1.807, 2.05) is 71.3 Å². The molecule has 0 aliphatic heterocycles. The predicted molar refractivity (Wildman–Crippen MR) is 131 cm³/mol. The Morgan fingerprint density at radius 3 is 2.44 bits per heavy atom. The highest BCUT2D eigenvalue weighted by atomic mass is 79.9. The molecule has 0 aliphatic carbocycles. The minimum atomic E-state index is -0.134. The Balaban J connectivity index is 1.50. The van der Waals surface area contributed by atoms with Crippen LogP contribution in [-0.4, -0.2) is 26.4 Å². The van der Waals surface area contributed by atoms with Gasteiger partial charge in [-0.2, -0.15) is 0 Å². The van der Waals surface area contributed by atoms with Gasteiger partial charge in [-0.05, 0) is 60.7 Å². The zero-order valence-corrected chi connectivity index (χ0v) is 19.9. The monoisotopic (exact) mass is 528 g/mol. The molecule has 1 heterocycles. The van der Waals surface area contributed by atoms with E-state index < -0.39 is 0 Å². The molecule has 3 aromatic carbocycles. The van der Waals surface area contributed by atoms with E-state index in [-0.39, 0.29) is 18.3 Å². The lowest BCUT2D eigenvalue weighted by Gasteiger charge is -2.11. The molecule has 0 fully saturated rings. The van der Waals surface area contributed by atoms with E-state index in [0.29, 0.717) is 16.0 Å². The first-order chi connectivity index (χ1) is 15.6. The lowest BCUT2D eigenvalue weighted by Crippen LogP contribution is -2.14. The number of thioether (sulfide) groups is 1. The molecule has 0 saturated heterocycles. The Labute approximate surface area is 203 Å². The van der Waals surface area contributed by atoms with Gasteiger partial charge in [0.1, 0.15) is 12.4 Å². The van der Waals surface area contributed by atoms with E-state index in [1.165, 1.54) is 11.8 Å². The third kappa shape index (κ3) is 5.91. The van der Waals surface area contributed by atoms with Crippen LogP contribution in [0.1, 0.15) is 5.82 Å². The normalized spacial score (nSPS) is 10.7. The number of carbonyl (C=O) groups excluding carboxylic acids is 1. The van der Waals surface area contributed by atoms with Crippen LogP contribution in [0.25, 0.3) is 5.69 Å². The molecule has 4 rings (SSSR count). The number of anilines is 1. The average Bonchev–Trinajstić information content (AvgIpc) is 3.22. The Morgan fingerprint density at radius 2 is 1.72 bits per heavy atom. The number of hydrogen-bond donors (Lipinski definition) is 1. The van der Waals surface area contributed by atoms with Gasteiger partial charge in [-0.25, -0.2) is 0 Å². The maximum absolute atomic E-state index is 12.4. The van der Waals surface area contributed by atoms with Gasteiger partial charge in [0, 0.05) is 20.9 Å². The first-order valence-electron chi connectivity index (χ1n) is 9.65. The Bertz CT molecular complexity index is 1190. The molecule has 1 N–H and O–H groups in total. The number of carbonyl (C=O) groups is 1. The van der Waals surface area contributed by atoms with Crippen molar-refractivity contribution in [3.63, 3.8) is 0 Å². The molecular formula is C23H18BrClN4O2S. The van der Waals surface area contributed by atoms with Crippen molar-refractivity contribution in [2.24, 2.45) is 0 Å². The number of ether oxygens (including phenoxy) is 1. The van der Waals surface area contributed by atoms with Crippen molar-refractivity contribution in [1.82, 2.24) is 14.8 Å². The van der Waals surface area contributed by atoms with E-state index in [2.05, 4.69) is 31.4 Å². The van der Waals surface area contributed by atoms with Crippen LogP contribution in [0.4, 0.5) is 5.69 Å². The van der Waals surface area contributed by atoms with Crippen LogP contribution in [-0.2, 0) is 11.4 Å². The molecule has 0 aliphatic rings. The second-order valence-electron chi connectivity index (χ2n) is 6.66. The van der Waals surface area contributed by atoms with Crippen molar-refractivity contribution in [1.29, 1.82) is 0 Å². The predicted octanol–water partition coefficient (Wildman–Crippen LogP) is 5.99. The van der Waals surface area contributed by atoms with Gasteiger partial charge in [0.25, 0.3) is 0 Å². The highest BCUT2D eigenvalue weighted by Gasteiger charge is 2.17. The van der Waals surface area contributed by atoms with Crippen LogP contribution >= 0.6 is 39.3 Å². The van der Waals surface area contributed by atoms with Crippen molar-refractivity contribution in [2.75, 3.05) is 11.1 Å². The summed E-state index contributed by atoms with van der Waals surface area (Å²) in [6.07, 6.45) is 0. The van der Waals surface area contributed by atoms with Gasteiger partial charge >= 0.3 is 0 Å². The second-order valence-corrected chi connectivity index (χ2v) is 8.95. The number of rotatable bonds is 8. The Hall–Kier alpha value is -2.81. The summed E-state index contributed by atoms with van der Waals surface area (Å²) < 4.78 is 8.69. The van der Waals surface area contributed by atoms with Crippen LogP contribution in [0.5, 0.6) is 5.75 Å². The van der Waals surface area contributed by atoms with Crippen LogP contribution in [0, 0.1) is 0 Å². The fourth-order valence-electron chi connectivity index (χ4n) is 2.86. The fraction of sp³-hybridized carbons (Fsp3) is 0.0870. The molecule has 32 heavy (non-hydrogen) atoms. The summed E-state index contributed by atoms with van der Waals surface area (Å²) in [7, 11) is 0. The molecule has 1 aromatic heterocycles. The second kappa shape index (κ2) is 10.7. The Kier molecular flexibility index (Phi) is 7.47. The minimum Gasteiger partial charge on any atom is -0.486 e. The molecule has 0 unspecified atom stereocenters. The average molecular weight is 530 g/mol. The summed E-state index contributed by atoms with van der Waals surface area (Å²) in [4.78, 5) is 12.4. The number of nitrogens with zero attached hydrogens (tertiary/aromatic N) is 3. The van der Waals surface area contributed by atoms with E-state index >= 15 is 0 Å². The number of benzene rings is 3. The SMILES string of the molecule is O=C(CSc1nnc(COc2ccccc2)n1-c1ccc(Cl)cc1)Nc1ccc(Br)cc1. The topological polar surface area (TPSA) is 69.0 Å². The zero-order valence-electron chi connectivity index (χ0n) is 16.7. The number of halogens is 2. The summed E-state index contributed by atoms with van der Waals surface area (Å²) in [6, 6.07) is 24.3. The Morgan fingerprint density at radius 1 is 1.00 bits per heavy atom. The van der Waals surface area contributed by atoms with E-state index in [1.54, 1.807) is 12.1 Å².